The Morgan fingerprint density at radius 3 is 3.12 bits per heavy atom. The highest BCUT2D eigenvalue weighted by Crippen LogP contribution is 2.29. The molecule has 0 aliphatic carbocycles. The molecule has 0 bridgehead atoms. The van der Waals surface area contributed by atoms with Crippen LogP contribution >= 0.6 is 15.9 Å². The number of halogens is 1. The van der Waals surface area contributed by atoms with E-state index in [1.54, 1.807) is 10.6 Å². The third-order valence-electron chi connectivity index (χ3n) is 2.90. The Bertz CT molecular complexity index is 618. The number of ether oxygens (including phenoxy) is 1. The van der Waals surface area contributed by atoms with Gasteiger partial charge in [-0.25, -0.2) is 0 Å². The van der Waals surface area contributed by atoms with Crippen molar-refractivity contribution in [2.75, 3.05) is 6.61 Å². The van der Waals surface area contributed by atoms with Crippen LogP contribution in [0.2, 0.25) is 0 Å². The number of rotatable bonds is 1. The Morgan fingerprint density at radius 2 is 2.31 bits per heavy atom. The van der Waals surface area contributed by atoms with Crippen LogP contribution in [0.5, 0.6) is 5.75 Å². The second-order valence-electron chi connectivity index (χ2n) is 3.79. The molecule has 82 valence electrons. The van der Waals surface area contributed by atoms with Gasteiger partial charge in [-0.3, -0.25) is 4.79 Å². The van der Waals surface area contributed by atoms with Gasteiger partial charge in [-0.2, -0.15) is 0 Å². The van der Waals surface area contributed by atoms with Gasteiger partial charge in [0.1, 0.15) is 12.4 Å². The molecule has 3 rings (SSSR count). The number of para-hydroxylation sites is 1. The molecule has 16 heavy (non-hydrogen) atoms. The Kier molecular flexibility index (Phi) is 2.24. The van der Waals surface area contributed by atoms with Gasteiger partial charge < -0.3 is 9.30 Å². The number of nitrogens with zero attached hydrogens (tertiary/aromatic N) is 1. The first-order valence-electron chi connectivity index (χ1n) is 5.15. The zero-order chi connectivity index (χ0) is 11.1. The summed E-state index contributed by atoms with van der Waals surface area (Å²) in [5.41, 5.74) is 2.00. The van der Waals surface area contributed by atoms with E-state index in [0.29, 0.717) is 18.5 Å². The lowest BCUT2D eigenvalue weighted by Crippen LogP contribution is -2.27. The zero-order valence-corrected chi connectivity index (χ0v) is 10.2. The topological polar surface area (TPSA) is 31.2 Å². The van der Waals surface area contributed by atoms with E-state index in [-0.39, 0.29) is 5.56 Å². The standard InChI is InChI=1S/C12H10BrNO2/c13-7-8-6-11(15)14-4-5-16-10-3-1-2-9(8)12(10)14/h1-3,6H,4-5,7H2. The van der Waals surface area contributed by atoms with Crippen LogP contribution in [0.15, 0.2) is 29.1 Å². The van der Waals surface area contributed by atoms with E-state index in [4.69, 9.17) is 4.74 Å². The summed E-state index contributed by atoms with van der Waals surface area (Å²) in [6.07, 6.45) is 0. The predicted molar refractivity (Wildman–Crippen MR) is 66.3 cm³/mol. The fraction of sp³-hybridized carbons (Fsp3) is 0.250. The van der Waals surface area contributed by atoms with Crippen molar-refractivity contribution in [2.45, 2.75) is 11.9 Å². The van der Waals surface area contributed by atoms with Crippen LogP contribution in [0.3, 0.4) is 0 Å². The molecule has 0 atom stereocenters. The van der Waals surface area contributed by atoms with Gasteiger partial charge in [0.2, 0.25) is 0 Å². The van der Waals surface area contributed by atoms with E-state index >= 15 is 0 Å². The minimum Gasteiger partial charge on any atom is -0.490 e. The van der Waals surface area contributed by atoms with Crippen molar-refractivity contribution in [2.24, 2.45) is 0 Å². The van der Waals surface area contributed by atoms with E-state index in [9.17, 15) is 4.79 Å². The molecule has 4 heteroatoms. The molecule has 0 saturated heterocycles. The third kappa shape index (κ3) is 1.29. The summed E-state index contributed by atoms with van der Waals surface area (Å²) in [6.45, 7) is 1.20. The van der Waals surface area contributed by atoms with Gasteiger partial charge in [-0.05, 0) is 11.6 Å². The highest BCUT2D eigenvalue weighted by atomic mass is 79.9. The number of benzene rings is 1. The van der Waals surface area contributed by atoms with Gasteiger partial charge in [-0.1, -0.05) is 28.1 Å². The summed E-state index contributed by atoms with van der Waals surface area (Å²) in [5, 5.41) is 1.77. The van der Waals surface area contributed by atoms with E-state index in [1.165, 1.54) is 0 Å². The summed E-state index contributed by atoms with van der Waals surface area (Å²) in [5.74, 6) is 0.809. The lowest BCUT2D eigenvalue weighted by molar-refractivity contribution is 0.284. The first-order valence-corrected chi connectivity index (χ1v) is 6.27. The lowest BCUT2D eigenvalue weighted by Gasteiger charge is -2.20. The Morgan fingerprint density at radius 1 is 1.44 bits per heavy atom. The zero-order valence-electron chi connectivity index (χ0n) is 8.57. The Balaban J connectivity index is 2.53. The molecule has 1 aliphatic rings. The predicted octanol–water partition coefficient (Wildman–Crippen LogP) is 2.29. The number of hydrogen-bond donors (Lipinski definition) is 0. The molecule has 0 unspecified atom stereocenters. The quantitative estimate of drug-likeness (QED) is 0.750. The van der Waals surface area contributed by atoms with Crippen molar-refractivity contribution in [1.82, 2.24) is 4.57 Å². The summed E-state index contributed by atoms with van der Waals surface area (Å²) in [4.78, 5) is 11.9. The van der Waals surface area contributed by atoms with Gasteiger partial charge in [0.15, 0.2) is 0 Å². The smallest absolute Gasteiger partial charge is 0.251 e. The molecule has 0 fully saturated rings. The highest BCUT2D eigenvalue weighted by molar-refractivity contribution is 9.08. The molecule has 3 nitrogen and oxygen atoms in total. The van der Waals surface area contributed by atoms with E-state index in [2.05, 4.69) is 15.9 Å². The molecular formula is C12H10BrNO2. The van der Waals surface area contributed by atoms with Gasteiger partial charge >= 0.3 is 0 Å². The van der Waals surface area contributed by atoms with Gasteiger partial charge in [-0.15, -0.1) is 0 Å². The molecule has 2 heterocycles. The van der Waals surface area contributed by atoms with E-state index in [1.807, 2.05) is 18.2 Å². The van der Waals surface area contributed by atoms with Crippen molar-refractivity contribution >= 4 is 26.8 Å². The average Bonchev–Trinajstić information content (AvgIpc) is 2.33. The Labute approximate surface area is 101 Å². The summed E-state index contributed by atoms with van der Waals surface area (Å²) in [7, 11) is 0. The second-order valence-corrected chi connectivity index (χ2v) is 4.35. The molecular weight excluding hydrogens is 270 g/mol. The molecule has 0 spiro atoms. The third-order valence-corrected chi connectivity index (χ3v) is 3.50. The molecule has 1 aliphatic heterocycles. The van der Waals surface area contributed by atoms with Crippen LogP contribution in [0.1, 0.15) is 5.56 Å². The van der Waals surface area contributed by atoms with Crippen molar-refractivity contribution in [3.63, 3.8) is 0 Å². The molecule has 1 aromatic heterocycles. The molecule has 0 N–H and O–H groups in total. The van der Waals surface area contributed by atoms with Crippen molar-refractivity contribution in [1.29, 1.82) is 0 Å². The fourth-order valence-electron chi connectivity index (χ4n) is 2.17. The van der Waals surface area contributed by atoms with Crippen LogP contribution in [0.4, 0.5) is 0 Å². The number of pyridine rings is 1. The summed E-state index contributed by atoms with van der Waals surface area (Å²) >= 11 is 3.41. The van der Waals surface area contributed by atoms with Gasteiger partial charge in [0.05, 0.1) is 12.1 Å². The fourth-order valence-corrected chi connectivity index (χ4v) is 2.63. The molecule has 0 saturated carbocycles. The second kappa shape index (κ2) is 3.63. The number of hydrogen-bond acceptors (Lipinski definition) is 2. The Hall–Kier alpha value is -1.29. The minimum atomic E-state index is 0.0534. The van der Waals surface area contributed by atoms with Crippen molar-refractivity contribution in [3.8, 4) is 5.75 Å². The van der Waals surface area contributed by atoms with Crippen LogP contribution < -0.4 is 10.3 Å². The van der Waals surface area contributed by atoms with E-state index < -0.39 is 0 Å². The maximum atomic E-state index is 11.9. The van der Waals surface area contributed by atoms with Gasteiger partial charge in [0, 0.05) is 16.8 Å². The average molecular weight is 280 g/mol. The minimum absolute atomic E-state index is 0.0534. The maximum Gasteiger partial charge on any atom is 0.251 e. The molecule has 0 radical (unpaired) electrons. The first kappa shape index (κ1) is 9.90. The largest absolute Gasteiger partial charge is 0.490 e. The maximum absolute atomic E-state index is 11.9. The number of alkyl halides is 1. The number of aromatic nitrogens is 1. The highest BCUT2D eigenvalue weighted by Gasteiger charge is 2.16. The van der Waals surface area contributed by atoms with E-state index in [0.717, 1.165) is 22.2 Å². The lowest BCUT2D eigenvalue weighted by atomic mass is 10.1. The first-order chi connectivity index (χ1) is 7.81. The summed E-state index contributed by atoms with van der Waals surface area (Å²) in [6, 6.07) is 7.60. The monoisotopic (exact) mass is 279 g/mol. The normalized spacial score (nSPS) is 13.8. The molecule has 0 amide bonds. The van der Waals surface area contributed by atoms with Crippen LogP contribution in [0, 0.1) is 0 Å². The summed E-state index contributed by atoms with van der Waals surface area (Å²) < 4.78 is 7.37. The molecule has 2 aromatic rings. The van der Waals surface area contributed by atoms with Crippen molar-refractivity contribution in [3.05, 3.63) is 40.2 Å². The SMILES string of the molecule is O=c1cc(CBr)c2cccc3c2n1CCO3. The van der Waals surface area contributed by atoms with Crippen molar-refractivity contribution < 1.29 is 4.74 Å². The van der Waals surface area contributed by atoms with Gasteiger partial charge in [0.25, 0.3) is 5.56 Å². The van der Waals surface area contributed by atoms with Crippen LogP contribution in [-0.2, 0) is 11.9 Å². The van der Waals surface area contributed by atoms with Crippen LogP contribution in [0.25, 0.3) is 10.9 Å². The molecule has 1 aromatic carbocycles. The van der Waals surface area contributed by atoms with Crippen LogP contribution in [-0.4, -0.2) is 11.2 Å².